The molecule has 0 aliphatic heterocycles. The molecule has 0 radical (unpaired) electrons. The van der Waals surface area contributed by atoms with Gasteiger partial charge in [0.25, 0.3) is 0 Å². The molecular formula is C15H18N2O3S. The molecule has 21 heavy (non-hydrogen) atoms. The van der Waals surface area contributed by atoms with Gasteiger partial charge in [0.2, 0.25) is 5.91 Å². The fraction of sp³-hybridized carbons (Fsp3) is 0.333. The predicted molar refractivity (Wildman–Crippen MR) is 83.2 cm³/mol. The molecule has 0 bridgehead atoms. The predicted octanol–water partition coefficient (Wildman–Crippen LogP) is 2.78. The monoisotopic (exact) mass is 306 g/mol. The summed E-state index contributed by atoms with van der Waals surface area (Å²) in [6.45, 7) is 1.77. The van der Waals surface area contributed by atoms with Gasteiger partial charge in [-0.2, -0.15) is 11.8 Å². The van der Waals surface area contributed by atoms with Crippen LogP contribution in [0.1, 0.15) is 23.8 Å². The van der Waals surface area contributed by atoms with E-state index in [0.717, 1.165) is 5.56 Å². The number of carbonyl (C=O) groups excluding carboxylic acids is 1. The Balaban J connectivity index is 1.64. The Bertz CT molecular complexity index is 571. The van der Waals surface area contributed by atoms with E-state index in [1.165, 1.54) is 0 Å². The molecule has 0 aliphatic carbocycles. The van der Waals surface area contributed by atoms with E-state index >= 15 is 0 Å². The number of hydrogen-bond acceptors (Lipinski definition) is 5. The number of amides is 1. The van der Waals surface area contributed by atoms with Crippen LogP contribution in [-0.2, 0) is 4.79 Å². The van der Waals surface area contributed by atoms with Gasteiger partial charge in [0, 0.05) is 24.0 Å². The summed E-state index contributed by atoms with van der Waals surface area (Å²) in [5.74, 6) is 2.20. The lowest BCUT2D eigenvalue weighted by atomic mass is 10.1. The van der Waals surface area contributed by atoms with Gasteiger partial charge in [-0.25, -0.2) is 0 Å². The van der Waals surface area contributed by atoms with E-state index in [1.54, 1.807) is 24.8 Å². The molecule has 1 amide bonds. The second kappa shape index (κ2) is 7.85. The van der Waals surface area contributed by atoms with Crippen LogP contribution >= 0.6 is 11.8 Å². The minimum Gasteiger partial charge on any atom is -0.388 e. The van der Waals surface area contributed by atoms with Crippen molar-refractivity contribution in [2.24, 2.45) is 0 Å². The summed E-state index contributed by atoms with van der Waals surface area (Å²) in [6.07, 6.45) is -0.129. The van der Waals surface area contributed by atoms with E-state index in [1.807, 2.05) is 30.3 Å². The van der Waals surface area contributed by atoms with Gasteiger partial charge in [-0.1, -0.05) is 35.5 Å². The standard InChI is InChI=1S/C15H18N2O3S/c1-11-9-14(17-20-11)16-15(19)7-8-21-10-13(18)12-5-3-2-4-6-12/h2-6,9,13,18H,7-8,10H2,1H3,(H,16,17,19)/t13-/m0/s1. The number of anilines is 1. The molecule has 0 saturated heterocycles. The first-order chi connectivity index (χ1) is 10.1. The third-order valence-electron chi connectivity index (χ3n) is 2.83. The van der Waals surface area contributed by atoms with Gasteiger partial charge in [0.15, 0.2) is 5.82 Å². The van der Waals surface area contributed by atoms with E-state index in [4.69, 9.17) is 4.52 Å². The summed E-state index contributed by atoms with van der Waals surface area (Å²) in [4.78, 5) is 11.7. The summed E-state index contributed by atoms with van der Waals surface area (Å²) < 4.78 is 4.87. The molecule has 112 valence electrons. The molecule has 0 aliphatic rings. The zero-order valence-corrected chi connectivity index (χ0v) is 12.6. The fourth-order valence-corrected chi connectivity index (χ4v) is 2.67. The van der Waals surface area contributed by atoms with Gasteiger partial charge in [-0.3, -0.25) is 4.79 Å². The first kappa shape index (κ1) is 15.6. The number of carbonyl (C=O) groups is 1. The largest absolute Gasteiger partial charge is 0.388 e. The van der Waals surface area contributed by atoms with Crippen molar-refractivity contribution < 1.29 is 14.4 Å². The summed E-state index contributed by atoms with van der Waals surface area (Å²) in [5, 5.41) is 16.3. The zero-order valence-electron chi connectivity index (χ0n) is 11.8. The highest BCUT2D eigenvalue weighted by atomic mass is 32.2. The van der Waals surface area contributed by atoms with Crippen LogP contribution in [0.3, 0.4) is 0 Å². The number of aryl methyl sites for hydroxylation is 1. The summed E-state index contributed by atoms with van der Waals surface area (Å²) in [6, 6.07) is 11.2. The van der Waals surface area contributed by atoms with E-state index < -0.39 is 6.10 Å². The maximum atomic E-state index is 11.7. The minimum atomic E-state index is -0.502. The lowest BCUT2D eigenvalue weighted by Crippen LogP contribution is -2.12. The van der Waals surface area contributed by atoms with Gasteiger partial charge in [0.1, 0.15) is 5.76 Å². The molecule has 0 spiro atoms. The third-order valence-corrected chi connectivity index (χ3v) is 3.87. The fourth-order valence-electron chi connectivity index (χ4n) is 1.76. The minimum absolute atomic E-state index is 0.106. The Labute approximate surface area is 127 Å². The number of aliphatic hydroxyl groups is 1. The second-order valence-corrected chi connectivity index (χ2v) is 5.77. The van der Waals surface area contributed by atoms with Gasteiger partial charge in [-0.15, -0.1) is 0 Å². The van der Waals surface area contributed by atoms with Crippen molar-refractivity contribution >= 4 is 23.5 Å². The summed E-state index contributed by atoms with van der Waals surface area (Å²) >= 11 is 1.55. The Morgan fingerprint density at radius 3 is 2.86 bits per heavy atom. The summed E-state index contributed by atoms with van der Waals surface area (Å²) in [5.41, 5.74) is 0.896. The van der Waals surface area contributed by atoms with Crippen molar-refractivity contribution in [3.8, 4) is 0 Å². The summed E-state index contributed by atoms with van der Waals surface area (Å²) in [7, 11) is 0. The molecule has 2 N–H and O–H groups in total. The average Bonchev–Trinajstić information content (AvgIpc) is 2.89. The number of nitrogens with zero attached hydrogens (tertiary/aromatic N) is 1. The third kappa shape index (κ3) is 5.24. The van der Waals surface area contributed by atoms with Crippen LogP contribution in [0.15, 0.2) is 40.9 Å². The van der Waals surface area contributed by atoms with Crippen molar-refractivity contribution in [2.45, 2.75) is 19.4 Å². The van der Waals surface area contributed by atoms with E-state index in [9.17, 15) is 9.90 Å². The second-order valence-electron chi connectivity index (χ2n) is 4.62. The molecule has 6 heteroatoms. The molecule has 1 heterocycles. The number of thioether (sulfide) groups is 1. The van der Waals surface area contributed by atoms with Crippen molar-refractivity contribution in [3.63, 3.8) is 0 Å². The lowest BCUT2D eigenvalue weighted by Gasteiger charge is -2.10. The number of hydrogen-bond donors (Lipinski definition) is 2. The van der Waals surface area contributed by atoms with E-state index in [2.05, 4.69) is 10.5 Å². The SMILES string of the molecule is Cc1cc(NC(=O)CCSC[C@H](O)c2ccccc2)no1. The molecular weight excluding hydrogens is 288 g/mol. The van der Waals surface area contributed by atoms with Crippen LogP contribution < -0.4 is 5.32 Å². The normalized spacial score (nSPS) is 12.1. The Morgan fingerprint density at radius 1 is 1.43 bits per heavy atom. The number of aliphatic hydroxyl groups excluding tert-OH is 1. The average molecular weight is 306 g/mol. The Hall–Kier alpha value is -1.79. The highest BCUT2D eigenvalue weighted by Crippen LogP contribution is 2.18. The molecule has 1 atom stereocenters. The van der Waals surface area contributed by atoms with E-state index in [0.29, 0.717) is 29.5 Å². The van der Waals surface area contributed by atoms with Crippen molar-refractivity contribution in [3.05, 3.63) is 47.7 Å². The number of nitrogens with one attached hydrogen (secondary N) is 1. The topological polar surface area (TPSA) is 75.4 Å². The van der Waals surface area contributed by atoms with Gasteiger partial charge >= 0.3 is 0 Å². The molecule has 0 fully saturated rings. The van der Waals surface area contributed by atoms with Crippen LogP contribution in [0.5, 0.6) is 0 Å². The van der Waals surface area contributed by atoms with Gasteiger partial charge in [-0.05, 0) is 12.5 Å². The van der Waals surface area contributed by atoms with Crippen LogP contribution in [0.4, 0.5) is 5.82 Å². The van der Waals surface area contributed by atoms with Crippen LogP contribution in [0, 0.1) is 6.92 Å². The van der Waals surface area contributed by atoms with Gasteiger partial charge < -0.3 is 14.9 Å². The number of rotatable bonds is 7. The van der Waals surface area contributed by atoms with Crippen LogP contribution in [-0.4, -0.2) is 27.7 Å². The van der Waals surface area contributed by atoms with Crippen LogP contribution in [0.2, 0.25) is 0 Å². The maximum absolute atomic E-state index is 11.7. The zero-order chi connectivity index (χ0) is 15.1. The van der Waals surface area contributed by atoms with Gasteiger partial charge in [0.05, 0.1) is 6.10 Å². The Morgan fingerprint density at radius 2 is 2.19 bits per heavy atom. The van der Waals surface area contributed by atoms with E-state index in [-0.39, 0.29) is 5.91 Å². The molecule has 2 aromatic rings. The number of aromatic nitrogens is 1. The maximum Gasteiger partial charge on any atom is 0.226 e. The molecule has 2 rings (SSSR count). The van der Waals surface area contributed by atoms with Crippen molar-refractivity contribution in [1.29, 1.82) is 0 Å². The quantitative estimate of drug-likeness (QED) is 0.769. The molecule has 0 saturated carbocycles. The Kier molecular flexibility index (Phi) is 5.83. The first-order valence-corrected chi connectivity index (χ1v) is 7.84. The van der Waals surface area contributed by atoms with Crippen molar-refractivity contribution in [1.82, 2.24) is 5.16 Å². The molecule has 1 aromatic carbocycles. The molecule has 5 nitrogen and oxygen atoms in total. The number of benzene rings is 1. The smallest absolute Gasteiger partial charge is 0.226 e. The van der Waals surface area contributed by atoms with Crippen LogP contribution in [0.25, 0.3) is 0 Å². The lowest BCUT2D eigenvalue weighted by molar-refractivity contribution is -0.115. The first-order valence-electron chi connectivity index (χ1n) is 6.69. The highest BCUT2D eigenvalue weighted by molar-refractivity contribution is 7.99. The molecule has 0 unspecified atom stereocenters. The highest BCUT2D eigenvalue weighted by Gasteiger charge is 2.09. The molecule has 1 aromatic heterocycles. The van der Waals surface area contributed by atoms with Crippen molar-refractivity contribution in [2.75, 3.05) is 16.8 Å².